The molecule has 20 heavy (non-hydrogen) atoms. The van der Waals surface area contributed by atoms with Crippen LogP contribution in [0.25, 0.3) is 0 Å². The Kier molecular flexibility index (Phi) is 3.65. The molecule has 0 atom stereocenters. The molecule has 3 N–H and O–H groups in total. The van der Waals surface area contributed by atoms with Gasteiger partial charge in [0, 0.05) is 17.3 Å². The summed E-state index contributed by atoms with van der Waals surface area (Å²) in [5.74, 6) is -3.31. The van der Waals surface area contributed by atoms with Crippen LogP contribution in [0.4, 0.5) is 24.5 Å². The van der Waals surface area contributed by atoms with Gasteiger partial charge in [0.05, 0.1) is 11.3 Å². The number of carbonyl (C=O) groups is 1. The van der Waals surface area contributed by atoms with Crippen LogP contribution in [0.2, 0.25) is 0 Å². The molecule has 6 heteroatoms. The maximum absolute atomic E-state index is 13.5. The molecule has 0 radical (unpaired) electrons. The Morgan fingerprint density at radius 2 is 1.80 bits per heavy atom. The SMILES string of the molecule is Cc1c(F)cccc1NC(=O)c1cc(N)c(F)cc1F. The van der Waals surface area contributed by atoms with E-state index in [9.17, 15) is 18.0 Å². The molecule has 0 heterocycles. The van der Waals surface area contributed by atoms with E-state index < -0.39 is 28.9 Å². The number of rotatable bonds is 2. The second-order valence-electron chi connectivity index (χ2n) is 4.22. The van der Waals surface area contributed by atoms with E-state index >= 15 is 0 Å². The van der Waals surface area contributed by atoms with Crippen molar-refractivity contribution in [3.05, 3.63) is 58.9 Å². The van der Waals surface area contributed by atoms with E-state index in [4.69, 9.17) is 5.73 Å². The molecular weight excluding hydrogens is 269 g/mol. The van der Waals surface area contributed by atoms with Gasteiger partial charge in [-0.2, -0.15) is 0 Å². The van der Waals surface area contributed by atoms with Crippen LogP contribution < -0.4 is 11.1 Å². The van der Waals surface area contributed by atoms with Crippen LogP contribution in [0.15, 0.2) is 30.3 Å². The molecule has 1 amide bonds. The monoisotopic (exact) mass is 280 g/mol. The Bertz CT molecular complexity index is 686. The molecule has 0 spiro atoms. The number of hydrogen-bond acceptors (Lipinski definition) is 2. The highest BCUT2D eigenvalue weighted by molar-refractivity contribution is 6.05. The first-order valence-corrected chi connectivity index (χ1v) is 5.71. The minimum Gasteiger partial charge on any atom is -0.396 e. The van der Waals surface area contributed by atoms with Crippen LogP contribution in [-0.2, 0) is 0 Å². The number of benzene rings is 2. The number of halogens is 3. The Hall–Kier alpha value is -2.50. The number of hydrogen-bond donors (Lipinski definition) is 2. The second kappa shape index (κ2) is 5.24. The minimum absolute atomic E-state index is 0.206. The molecule has 0 aromatic heterocycles. The van der Waals surface area contributed by atoms with Gasteiger partial charge in [-0.3, -0.25) is 4.79 Å². The second-order valence-corrected chi connectivity index (χ2v) is 4.22. The van der Waals surface area contributed by atoms with Gasteiger partial charge in [-0.15, -0.1) is 0 Å². The van der Waals surface area contributed by atoms with Crippen LogP contribution in [0.1, 0.15) is 15.9 Å². The topological polar surface area (TPSA) is 55.1 Å². The molecule has 0 unspecified atom stereocenters. The molecule has 0 aliphatic heterocycles. The quantitative estimate of drug-likeness (QED) is 0.830. The Balaban J connectivity index is 2.33. The number of anilines is 2. The third-order valence-electron chi connectivity index (χ3n) is 2.85. The highest BCUT2D eigenvalue weighted by atomic mass is 19.1. The van der Waals surface area contributed by atoms with Gasteiger partial charge >= 0.3 is 0 Å². The Morgan fingerprint density at radius 1 is 1.10 bits per heavy atom. The first kappa shape index (κ1) is 13.9. The van der Waals surface area contributed by atoms with E-state index in [0.717, 1.165) is 6.07 Å². The zero-order chi connectivity index (χ0) is 14.9. The average molecular weight is 280 g/mol. The summed E-state index contributed by atoms with van der Waals surface area (Å²) < 4.78 is 39.9. The molecule has 3 nitrogen and oxygen atoms in total. The maximum Gasteiger partial charge on any atom is 0.258 e. The summed E-state index contributed by atoms with van der Waals surface area (Å²) in [5, 5.41) is 2.36. The van der Waals surface area contributed by atoms with Gasteiger partial charge in [-0.25, -0.2) is 13.2 Å². The molecule has 2 rings (SSSR count). The van der Waals surface area contributed by atoms with E-state index in [1.54, 1.807) is 0 Å². The molecule has 2 aromatic rings. The van der Waals surface area contributed by atoms with Crippen molar-refractivity contribution in [3.63, 3.8) is 0 Å². The van der Waals surface area contributed by atoms with Crippen molar-refractivity contribution in [2.24, 2.45) is 0 Å². The fraction of sp³-hybridized carbons (Fsp3) is 0.0714. The lowest BCUT2D eigenvalue weighted by Crippen LogP contribution is -2.15. The third kappa shape index (κ3) is 2.59. The summed E-state index contributed by atoms with van der Waals surface area (Å²) >= 11 is 0. The van der Waals surface area contributed by atoms with E-state index in [2.05, 4.69) is 5.32 Å². The Morgan fingerprint density at radius 3 is 2.50 bits per heavy atom. The maximum atomic E-state index is 13.5. The van der Waals surface area contributed by atoms with E-state index in [1.165, 1.54) is 25.1 Å². The van der Waals surface area contributed by atoms with Crippen molar-refractivity contribution in [1.29, 1.82) is 0 Å². The number of nitrogens with one attached hydrogen (secondary N) is 1. The molecule has 104 valence electrons. The van der Waals surface area contributed by atoms with Gasteiger partial charge in [0.25, 0.3) is 5.91 Å². The fourth-order valence-corrected chi connectivity index (χ4v) is 1.67. The third-order valence-corrected chi connectivity index (χ3v) is 2.85. The molecule has 2 aromatic carbocycles. The smallest absolute Gasteiger partial charge is 0.258 e. The van der Waals surface area contributed by atoms with Crippen molar-refractivity contribution < 1.29 is 18.0 Å². The largest absolute Gasteiger partial charge is 0.396 e. The predicted molar refractivity (Wildman–Crippen MR) is 69.9 cm³/mol. The van der Waals surface area contributed by atoms with Crippen molar-refractivity contribution in [1.82, 2.24) is 0 Å². The van der Waals surface area contributed by atoms with Gasteiger partial charge in [0.15, 0.2) is 0 Å². The van der Waals surface area contributed by atoms with E-state index in [-0.39, 0.29) is 16.9 Å². The highest BCUT2D eigenvalue weighted by Gasteiger charge is 2.16. The fourth-order valence-electron chi connectivity index (χ4n) is 1.67. The van der Waals surface area contributed by atoms with Crippen LogP contribution >= 0.6 is 0 Å². The number of carbonyl (C=O) groups excluding carboxylic acids is 1. The molecule has 0 fully saturated rings. The van der Waals surface area contributed by atoms with Crippen LogP contribution in [0.3, 0.4) is 0 Å². The highest BCUT2D eigenvalue weighted by Crippen LogP contribution is 2.21. The standard InChI is InChI=1S/C14H11F3N2O/c1-7-9(15)3-2-4-13(7)19-14(20)8-5-12(18)11(17)6-10(8)16/h2-6H,18H2,1H3,(H,19,20). The van der Waals surface area contributed by atoms with Gasteiger partial charge in [0.1, 0.15) is 17.5 Å². The molecular formula is C14H11F3N2O. The lowest BCUT2D eigenvalue weighted by atomic mass is 10.1. The normalized spacial score (nSPS) is 10.4. The summed E-state index contributed by atoms with van der Waals surface area (Å²) in [6.45, 7) is 1.47. The summed E-state index contributed by atoms with van der Waals surface area (Å²) in [6.07, 6.45) is 0. The van der Waals surface area contributed by atoms with Crippen LogP contribution in [0, 0.1) is 24.4 Å². The molecule has 0 saturated carbocycles. The average Bonchev–Trinajstić information content (AvgIpc) is 2.39. The van der Waals surface area contributed by atoms with E-state index in [0.29, 0.717) is 6.07 Å². The first-order valence-electron chi connectivity index (χ1n) is 5.71. The lowest BCUT2D eigenvalue weighted by Gasteiger charge is -2.10. The summed E-state index contributed by atoms with van der Waals surface area (Å²) in [7, 11) is 0. The summed E-state index contributed by atoms with van der Waals surface area (Å²) in [6, 6.07) is 5.55. The van der Waals surface area contributed by atoms with Crippen LogP contribution in [0.5, 0.6) is 0 Å². The van der Waals surface area contributed by atoms with Gasteiger partial charge in [-0.1, -0.05) is 6.07 Å². The molecule has 0 bridgehead atoms. The van der Waals surface area contributed by atoms with Crippen molar-refractivity contribution in [2.45, 2.75) is 6.92 Å². The molecule has 0 aliphatic rings. The predicted octanol–water partition coefficient (Wildman–Crippen LogP) is 3.25. The number of nitrogens with two attached hydrogens (primary N) is 1. The van der Waals surface area contributed by atoms with Gasteiger partial charge < -0.3 is 11.1 Å². The molecule has 0 aliphatic carbocycles. The van der Waals surface area contributed by atoms with Crippen molar-refractivity contribution in [2.75, 3.05) is 11.1 Å². The van der Waals surface area contributed by atoms with Crippen molar-refractivity contribution in [3.8, 4) is 0 Å². The minimum atomic E-state index is -1.04. The number of amides is 1. The van der Waals surface area contributed by atoms with E-state index in [1.807, 2.05) is 0 Å². The van der Waals surface area contributed by atoms with Gasteiger partial charge in [0.2, 0.25) is 0 Å². The molecule has 0 saturated heterocycles. The van der Waals surface area contributed by atoms with Crippen LogP contribution in [-0.4, -0.2) is 5.91 Å². The zero-order valence-corrected chi connectivity index (χ0v) is 10.5. The zero-order valence-electron chi connectivity index (χ0n) is 10.5. The summed E-state index contributed by atoms with van der Waals surface area (Å²) in [5.41, 5.74) is 4.97. The number of nitrogen functional groups attached to an aromatic ring is 1. The Labute approximate surface area is 113 Å². The van der Waals surface area contributed by atoms with Crippen molar-refractivity contribution >= 4 is 17.3 Å². The first-order chi connectivity index (χ1) is 9.40. The van der Waals surface area contributed by atoms with Gasteiger partial charge in [-0.05, 0) is 25.1 Å². The lowest BCUT2D eigenvalue weighted by molar-refractivity contribution is 0.102. The summed E-state index contributed by atoms with van der Waals surface area (Å²) in [4.78, 5) is 11.9.